The molecule has 0 saturated carbocycles. The van der Waals surface area contributed by atoms with Gasteiger partial charge >= 0.3 is 5.97 Å². The van der Waals surface area contributed by atoms with Crippen LogP contribution in [-0.4, -0.2) is 16.6 Å². The van der Waals surface area contributed by atoms with E-state index in [-0.39, 0.29) is 5.92 Å². The van der Waals surface area contributed by atoms with Crippen LogP contribution in [0.15, 0.2) is 5.11 Å². The molecule has 0 rings (SSSR count). The van der Waals surface area contributed by atoms with E-state index in [1.807, 2.05) is 0 Å². The fourth-order valence-corrected chi connectivity index (χ4v) is 0.498. The summed E-state index contributed by atoms with van der Waals surface area (Å²) in [5, 5.41) is 11.9. The molecule has 0 amide bonds. The topological polar surface area (TPSA) is 86.1 Å². The Morgan fingerprint density at radius 3 is 2.27 bits per heavy atom. The highest BCUT2D eigenvalue weighted by Crippen LogP contribution is 2.21. The van der Waals surface area contributed by atoms with Gasteiger partial charge < -0.3 is 5.11 Å². The third kappa shape index (κ3) is 1.85. The normalized spacial score (nSPS) is 15.3. The highest BCUT2D eigenvalue weighted by molar-refractivity contribution is 5.78. The van der Waals surface area contributed by atoms with Gasteiger partial charge in [0.15, 0.2) is 0 Å². The number of carboxylic acid groups (broad SMARTS) is 1. The number of hydrogen-bond donors (Lipinski definition) is 1. The van der Waals surface area contributed by atoms with Gasteiger partial charge in [0.2, 0.25) is 0 Å². The largest absolute Gasteiger partial charge is 0.481 e. The summed E-state index contributed by atoms with van der Waals surface area (Å²) in [6, 6.07) is 0. The molecular formula is C6H11N3O2. The van der Waals surface area contributed by atoms with Gasteiger partial charge in [-0.3, -0.25) is 4.79 Å². The fourth-order valence-electron chi connectivity index (χ4n) is 0.498. The lowest BCUT2D eigenvalue weighted by Gasteiger charge is -2.22. The highest BCUT2D eigenvalue weighted by Gasteiger charge is 2.35. The van der Waals surface area contributed by atoms with Crippen molar-refractivity contribution in [2.24, 2.45) is 11.0 Å². The maximum absolute atomic E-state index is 10.6. The third-order valence-electron chi connectivity index (χ3n) is 1.81. The molecule has 62 valence electrons. The molecule has 0 heterocycles. The average Bonchev–Trinajstić information content (AvgIpc) is 1.87. The van der Waals surface area contributed by atoms with Gasteiger partial charge in [-0.2, -0.15) is 0 Å². The van der Waals surface area contributed by atoms with E-state index >= 15 is 0 Å². The van der Waals surface area contributed by atoms with Crippen LogP contribution in [0.3, 0.4) is 0 Å². The van der Waals surface area contributed by atoms with Gasteiger partial charge in [-0.1, -0.05) is 19.0 Å². The van der Waals surface area contributed by atoms with E-state index in [0.717, 1.165) is 0 Å². The molecule has 5 heteroatoms. The van der Waals surface area contributed by atoms with Crippen molar-refractivity contribution in [2.45, 2.75) is 26.3 Å². The summed E-state index contributed by atoms with van der Waals surface area (Å²) in [4.78, 5) is 13.1. The van der Waals surface area contributed by atoms with E-state index in [1.54, 1.807) is 13.8 Å². The first-order valence-corrected chi connectivity index (χ1v) is 3.24. The van der Waals surface area contributed by atoms with E-state index in [2.05, 4.69) is 10.0 Å². The lowest BCUT2D eigenvalue weighted by atomic mass is 9.90. The summed E-state index contributed by atoms with van der Waals surface area (Å²) in [5.74, 6) is -1.30. The second-order valence-corrected chi connectivity index (χ2v) is 2.80. The predicted octanol–water partition coefficient (Wildman–Crippen LogP) is 1.80. The summed E-state index contributed by atoms with van der Waals surface area (Å²) in [5.41, 5.74) is 6.77. The number of azide groups is 1. The zero-order valence-corrected chi connectivity index (χ0v) is 6.77. The summed E-state index contributed by atoms with van der Waals surface area (Å²) >= 11 is 0. The quantitative estimate of drug-likeness (QED) is 0.384. The van der Waals surface area contributed by atoms with Crippen LogP contribution in [-0.2, 0) is 4.79 Å². The number of nitrogens with zero attached hydrogens (tertiary/aromatic N) is 3. The van der Waals surface area contributed by atoms with Crippen molar-refractivity contribution < 1.29 is 9.90 Å². The molecule has 0 aliphatic rings. The second kappa shape index (κ2) is 3.25. The van der Waals surface area contributed by atoms with E-state index < -0.39 is 11.5 Å². The average molecular weight is 157 g/mol. The summed E-state index contributed by atoms with van der Waals surface area (Å²) < 4.78 is 0. The van der Waals surface area contributed by atoms with Crippen LogP contribution in [0.5, 0.6) is 0 Å². The molecule has 11 heavy (non-hydrogen) atoms. The number of carbonyl (C=O) groups is 1. The Morgan fingerprint density at radius 1 is 1.73 bits per heavy atom. The molecule has 0 aliphatic carbocycles. The summed E-state index contributed by atoms with van der Waals surface area (Å²) in [6.07, 6.45) is 0. The van der Waals surface area contributed by atoms with Crippen LogP contribution in [0.2, 0.25) is 0 Å². The molecule has 0 aliphatic heterocycles. The van der Waals surface area contributed by atoms with Crippen molar-refractivity contribution in [1.29, 1.82) is 0 Å². The maximum Gasteiger partial charge on any atom is 0.315 e. The first-order chi connectivity index (χ1) is 4.95. The van der Waals surface area contributed by atoms with Gasteiger partial charge in [0, 0.05) is 4.91 Å². The van der Waals surface area contributed by atoms with Crippen molar-refractivity contribution in [3.8, 4) is 0 Å². The monoisotopic (exact) mass is 157 g/mol. The Hall–Kier alpha value is -1.22. The van der Waals surface area contributed by atoms with Crippen molar-refractivity contribution in [3.63, 3.8) is 0 Å². The zero-order valence-electron chi connectivity index (χ0n) is 6.77. The van der Waals surface area contributed by atoms with Crippen molar-refractivity contribution in [3.05, 3.63) is 10.4 Å². The molecule has 0 aromatic heterocycles. The zero-order chi connectivity index (χ0) is 9.07. The molecule has 0 spiro atoms. The standard InChI is InChI=1S/C6H11N3O2/c1-4(2)6(3,5(10)11)8-9-7/h4H,1-3H3,(H,10,11)/t6-/m0/s1. The minimum atomic E-state index is -1.32. The van der Waals surface area contributed by atoms with Crippen molar-refractivity contribution in [1.82, 2.24) is 0 Å². The number of carboxylic acids is 1. The molecule has 0 radical (unpaired) electrons. The van der Waals surface area contributed by atoms with Gasteiger partial charge in [0.05, 0.1) is 0 Å². The lowest BCUT2D eigenvalue weighted by Crippen LogP contribution is -2.37. The summed E-state index contributed by atoms with van der Waals surface area (Å²) in [6.45, 7) is 4.80. The molecule has 0 unspecified atom stereocenters. The van der Waals surface area contributed by atoms with Gasteiger partial charge in [0.25, 0.3) is 0 Å². The number of hydrogen-bond acceptors (Lipinski definition) is 2. The molecular weight excluding hydrogens is 146 g/mol. The number of rotatable bonds is 3. The van der Waals surface area contributed by atoms with E-state index in [9.17, 15) is 4.79 Å². The van der Waals surface area contributed by atoms with E-state index in [4.69, 9.17) is 10.6 Å². The Labute approximate surface area is 64.7 Å². The highest BCUT2D eigenvalue weighted by atomic mass is 16.4. The van der Waals surface area contributed by atoms with Crippen LogP contribution in [0, 0.1) is 5.92 Å². The van der Waals surface area contributed by atoms with Crippen LogP contribution < -0.4 is 0 Å². The minimum absolute atomic E-state index is 0.212. The Balaban J connectivity index is 4.81. The second-order valence-electron chi connectivity index (χ2n) is 2.80. The van der Waals surface area contributed by atoms with Crippen molar-refractivity contribution >= 4 is 5.97 Å². The maximum atomic E-state index is 10.6. The Bertz CT molecular complexity index is 204. The molecule has 1 atom stereocenters. The molecule has 0 aromatic rings. The van der Waals surface area contributed by atoms with Crippen LogP contribution >= 0.6 is 0 Å². The minimum Gasteiger partial charge on any atom is -0.481 e. The number of aliphatic carboxylic acids is 1. The molecule has 5 nitrogen and oxygen atoms in total. The Kier molecular flexibility index (Phi) is 2.89. The molecule has 0 fully saturated rings. The lowest BCUT2D eigenvalue weighted by molar-refractivity contribution is -0.144. The first kappa shape index (κ1) is 9.78. The Morgan fingerprint density at radius 2 is 2.18 bits per heavy atom. The molecule has 0 bridgehead atoms. The fraction of sp³-hybridized carbons (Fsp3) is 0.833. The van der Waals surface area contributed by atoms with Gasteiger partial charge in [0.1, 0.15) is 5.54 Å². The summed E-state index contributed by atoms with van der Waals surface area (Å²) in [7, 11) is 0. The molecule has 1 N–H and O–H groups in total. The predicted molar refractivity (Wildman–Crippen MR) is 40.0 cm³/mol. The van der Waals surface area contributed by atoms with Gasteiger partial charge in [-0.05, 0) is 18.4 Å². The van der Waals surface area contributed by atoms with Crippen LogP contribution in [0.25, 0.3) is 10.4 Å². The third-order valence-corrected chi connectivity index (χ3v) is 1.81. The van der Waals surface area contributed by atoms with Crippen molar-refractivity contribution in [2.75, 3.05) is 0 Å². The van der Waals surface area contributed by atoms with Crippen LogP contribution in [0.1, 0.15) is 20.8 Å². The molecule has 0 aromatic carbocycles. The first-order valence-electron chi connectivity index (χ1n) is 3.24. The van der Waals surface area contributed by atoms with Crippen LogP contribution in [0.4, 0.5) is 0 Å². The smallest absolute Gasteiger partial charge is 0.315 e. The van der Waals surface area contributed by atoms with E-state index in [1.165, 1.54) is 6.92 Å². The molecule has 0 saturated heterocycles. The van der Waals surface area contributed by atoms with Gasteiger partial charge in [-0.25, -0.2) is 0 Å². The van der Waals surface area contributed by atoms with Gasteiger partial charge in [-0.15, -0.1) is 0 Å². The van der Waals surface area contributed by atoms with E-state index in [0.29, 0.717) is 0 Å². The SMILES string of the molecule is CC(C)[C@](C)(N=[N+]=[N-])C(=O)O.